The van der Waals surface area contributed by atoms with Crippen molar-refractivity contribution in [3.8, 4) is 55.8 Å². The van der Waals surface area contributed by atoms with Gasteiger partial charge in [-0.1, -0.05) is 97.1 Å². The first-order chi connectivity index (χ1) is 16.9. The highest BCUT2D eigenvalue weighted by Crippen LogP contribution is 2.56. The Balaban J connectivity index is 1.71. The molecule has 5 aromatic carbocycles. The summed E-state index contributed by atoms with van der Waals surface area (Å²) in [6, 6.07) is 41.0. The van der Waals surface area contributed by atoms with Crippen LogP contribution >= 0.6 is 0 Å². The van der Waals surface area contributed by atoms with Crippen LogP contribution in [0.25, 0.3) is 66.5 Å². The molecule has 0 radical (unpaired) electrons. The van der Waals surface area contributed by atoms with E-state index < -0.39 is 0 Å². The molecular weight excluding hydrogens is 412 g/mol. The van der Waals surface area contributed by atoms with Crippen LogP contribution < -0.4 is 0 Å². The highest BCUT2D eigenvalue weighted by atomic mass is 15.1. The highest BCUT2D eigenvalue weighted by Gasteiger charge is 2.30. The van der Waals surface area contributed by atoms with Crippen LogP contribution in [0.3, 0.4) is 0 Å². The molecule has 0 saturated carbocycles. The number of fused-ring (bicyclic) bond motifs is 3. The van der Waals surface area contributed by atoms with Crippen molar-refractivity contribution in [1.29, 1.82) is 0 Å². The average Bonchev–Trinajstić information content (AvgIpc) is 3.26. The molecule has 1 aliphatic carbocycles. The van der Waals surface area contributed by atoms with Gasteiger partial charge in [0.25, 0.3) is 0 Å². The molecule has 0 aliphatic heterocycles. The lowest BCUT2D eigenvalue weighted by Gasteiger charge is -2.20. The van der Waals surface area contributed by atoms with Gasteiger partial charge in [-0.05, 0) is 73.5 Å². The van der Waals surface area contributed by atoms with Crippen LogP contribution in [0.4, 0.5) is 0 Å². The van der Waals surface area contributed by atoms with E-state index in [-0.39, 0.29) is 0 Å². The number of hydrogen-bond acceptors (Lipinski definition) is 2. The Morgan fingerprint density at radius 1 is 0.441 bits per heavy atom. The highest BCUT2D eigenvalue weighted by molar-refractivity contribution is 6.22. The second kappa shape index (κ2) is 7.50. The predicted molar refractivity (Wildman–Crippen MR) is 140 cm³/mol. The lowest BCUT2D eigenvalue weighted by Crippen LogP contribution is -1.96. The number of aromatic nitrogens is 2. The van der Waals surface area contributed by atoms with Crippen LogP contribution in [-0.4, -0.2) is 10.2 Å². The summed E-state index contributed by atoms with van der Waals surface area (Å²) < 4.78 is 0. The molecule has 158 valence electrons. The number of nitrogens with zero attached hydrogens (tertiary/aromatic N) is 2. The van der Waals surface area contributed by atoms with Crippen LogP contribution in [0.15, 0.2) is 121 Å². The Kier molecular flexibility index (Phi) is 4.18. The molecular formula is C32H20N2. The maximum absolute atomic E-state index is 4.54. The fraction of sp³-hybridized carbons (Fsp3) is 0. The summed E-state index contributed by atoms with van der Waals surface area (Å²) >= 11 is 0. The van der Waals surface area contributed by atoms with Crippen molar-refractivity contribution in [2.45, 2.75) is 0 Å². The van der Waals surface area contributed by atoms with Crippen molar-refractivity contribution >= 4 is 10.8 Å². The Hall–Kier alpha value is -4.56. The zero-order chi connectivity index (χ0) is 22.5. The van der Waals surface area contributed by atoms with Crippen molar-refractivity contribution in [3.63, 3.8) is 0 Å². The SMILES string of the molecule is c1ccc(-c2cc(-c3cccnn3)c(-c3ccccc3)c3c2-c2cccc4cccc-3c24)cc1. The fourth-order valence-electron chi connectivity index (χ4n) is 5.39. The van der Waals surface area contributed by atoms with Crippen LogP contribution in [0.2, 0.25) is 0 Å². The molecule has 0 bridgehead atoms. The topological polar surface area (TPSA) is 25.8 Å². The summed E-state index contributed by atoms with van der Waals surface area (Å²) in [5.74, 6) is 0. The minimum Gasteiger partial charge on any atom is -0.159 e. The van der Waals surface area contributed by atoms with Gasteiger partial charge in [0.2, 0.25) is 0 Å². The first-order valence-electron chi connectivity index (χ1n) is 11.5. The molecule has 0 spiro atoms. The van der Waals surface area contributed by atoms with Crippen molar-refractivity contribution in [2.75, 3.05) is 0 Å². The number of hydrogen-bond donors (Lipinski definition) is 0. The van der Waals surface area contributed by atoms with E-state index in [0.29, 0.717) is 0 Å². The van der Waals surface area contributed by atoms with Crippen LogP contribution in [-0.2, 0) is 0 Å². The summed E-state index contributed by atoms with van der Waals surface area (Å²) in [7, 11) is 0. The van der Waals surface area contributed by atoms with E-state index in [1.807, 2.05) is 6.07 Å². The monoisotopic (exact) mass is 432 g/mol. The summed E-state index contributed by atoms with van der Waals surface area (Å²) in [5.41, 5.74) is 11.9. The lowest BCUT2D eigenvalue weighted by molar-refractivity contribution is 1.04. The molecule has 0 N–H and O–H groups in total. The molecule has 0 atom stereocenters. The maximum Gasteiger partial charge on any atom is 0.0936 e. The van der Waals surface area contributed by atoms with Gasteiger partial charge < -0.3 is 0 Å². The molecule has 0 saturated heterocycles. The molecule has 0 fully saturated rings. The third kappa shape index (κ3) is 2.76. The van der Waals surface area contributed by atoms with Crippen molar-refractivity contribution in [3.05, 3.63) is 121 Å². The zero-order valence-electron chi connectivity index (χ0n) is 18.4. The molecule has 0 amide bonds. The second-order valence-corrected chi connectivity index (χ2v) is 8.65. The van der Waals surface area contributed by atoms with Crippen LogP contribution in [0.5, 0.6) is 0 Å². The minimum atomic E-state index is 0.879. The van der Waals surface area contributed by atoms with Gasteiger partial charge in [0.1, 0.15) is 0 Å². The summed E-state index contributed by atoms with van der Waals surface area (Å²) in [6.45, 7) is 0. The Morgan fingerprint density at radius 2 is 1.12 bits per heavy atom. The van der Waals surface area contributed by atoms with E-state index in [1.54, 1.807) is 6.20 Å². The van der Waals surface area contributed by atoms with Gasteiger partial charge in [-0.25, -0.2) is 0 Å². The van der Waals surface area contributed by atoms with E-state index in [4.69, 9.17) is 0 Å². The molecule has 1 heterocycles. The summed E-state index contributed by atoms with van der Waals surface area (Å²) in [5, 5.41) is 11.4. The van der Waals surface area contributed by atoms with Gasteiger partial charge in [0, 0.05) is 11.8 Å². The van der Waals surface area contributed by atoms with Gasteiger partial charge in [0.15, 0.2) is 0 Å². The predicted octanol–water partition coefficient (Wildman–Crippen LogP) is 8.28. The van der Waals surface area contributed by atoms with Gasteiger partial charge in [-0.15, -0.1) is 0 Å². The van der Waals surface area contributed by atoms with Crippen molar-refractivity contribution in [1.82, 2.24) is 10.2 Å². The molecule has 34 heavy (non-hydrogen) atoms. The van der Waals surface area contributed by atoms with Crippen molar-refractivity contribution in [2.24, 2.45) is 0 Å². The normalized spacial score (nSPS) is 11.5. The number of rotatable bonds is 3. The summed E-state index contributed by atoms with van der Waals surface area (Å²) in [6.07, 6.45) is 1.73. The first kappa shape index (κ1) is 19.0. The standard InChI is InChI=1S/C32H20N2/c1-3-10-21(11-4-1)26-20-27(28-18-9-19-33-34-28)30(23-12-5-2-6-13-23)32-25-17-8-15-22-14-7-16-24(29(22)25)31(26)32/h1-20H. The lowest BCUT2D eigenvalue weighted by atomic mass is 9.83. The van der Waals surface area contributed by atoms with Gasteiger partial charge >= 0.3 is 0 Å². The first-order valence-corrected chi connectivity index (χ1v) is 11.5. The zero-order valence-corrected chi connectivity index (χ0v) is 18.4. The third-order valence-corrected chi connectivity index (χ3v) is 6.77. The van der Waals surface area contributed by atoms with E-state index in [2.05, 4.69) is 119 Å². The van der Waals surface area contributed by atoms with Gasteiger partial charge in [-0.2, -0.15) is 10.2 Å². The van der Waals surface area contributed by atoms with E-state index in [0.717, 1.165) is 11.3 Å². The van der Waals surface area contributed by atoms with E-state index in [9.17, 15) is 0 Å². The Bertz CT molecular complexity index is 1670. The molecule has 0 unspecified atom stereocenters. The third-order valence-electron chi connectivity index (χ3n) is 6.77. The Morgan fingerprint density at radius 3 is 1.79 bits per heavy atom. The molecule has 1 aromatic heterocycles. The maximum atomic E-state index is 4.54. The molecule has 6 aromatic rings. The van der Waals surface area contributed by atoms with E-state index >= 15 is 0 Å². The molecule has 2 nitrogen and oxygen atoms in total. The van der Waals surface area contributed by atoms with Crippen molar-refractivity contribution < 1.29 is 0 Å². The molecule has 7 rings (SSSR count). The summed E-state index contributed by atoms with van der Waals surface area (Å²) in [4.78, 5) is 0. The smallest absolute Gasteiger partial charge is 0.0936 e. The quantitative estimate of drug-likeness (QED) is 0.281. The Labute approximate surface area is 198 Å². The second-order valence-electron chi connectivity index (χ2n) is 8.65. The molecule has 1 aliphatic rings. The number of benzene rings is 5. The average molecular weight is 433 g/mol. The van der Waals surface area contributed by atoms with E-state index in [1.165, 1.54) is 55.3 Å². The molecule has 2 heteroatoms. The minimum absolute atomic E-state index is 0.879. The largest absolute Gasteiger partial charge is 0.159 e. The fourth-order valence-corrected chi connectivity index (χ4v) is 5.39. The van der Waals surface area contributed by atoms with Crippen LogP contribution in [0, 0.1) is 0 Å². The van der Waals surface area contributed by atoms with Crippen LogP contribution in [0.1, 0.15) is 0 Å². The van der Waals surface area contributed by atoms with Gasteiger partial charge in [0.05, 0.1) is 5.69 Å². The van der Waals surface area contributed by atoms with Gasteiger partial charge in [-0.3, -0.25) is 0 Å².